The van der Waals surface area contributed by atoms with Gasteiger partial charge in [0, 0.05) is 12.6 Å². The van der Waals surface area contributed by atoms with Gasteiger partial charge in [-0.15, -0.1) is 0 Å². The van der Waals surface area contributed by atoms with Crippen molar-refractivity contribution < 1.29 is 17.9 Å². The molecular formula is C19H30N2O4S. The summed E-state index contributed by atoms with van der Waals surface area (Å²) in [6.07, 6.45) is 9.39. The Kier molecular flexibility index (Phi) is 7.75. The third-order valence-electron chi connectivity index (χ3n) is 4.65. The molecule has 0 unspecified atom stereocenters. The number of carbonyl (C=O) groups excluding carboxylic acids is 1. The third-order valence-corrected chi connectivity index (χ3v) is 5.92. The van der Waals surface area contributed by atoms with Gasteiger partial charge in [0.15, 0.2) is 6.61 Å². The van der Waals surface area contributed by atoms with E-state index in [0.29, 0.717) is 18.0 Å². The Morgan fingerprint density at radius 2 is 1.69 bits per heavy atom. The summed E-state index contributed by atoms with van der Waals surface area (Å²) >= 11 is 0. The zero-order valence-corrected chi connectivity index (χ0v) is 16.6. The van der Waals surface area contributed by atoms with Gasteiger partial charge in [0.25, 0.3) is 5.91 Å². The molecule has 1 aliphatic rings. The zero-order chi connectivity index (χ0) is 19.0. The Balaban J connectivity index is 1.84. The van der Waals surface area contributed by atoms with Crippen LogP contribution in [0, 0.1) is 0 Å². The Hall–Kier alpha value is -1.76. The van der Waals surface area contributed by atoms with Crippen LogP contribution in [0.25, 0.3) is 0 Å². The Labute approximate surface area is 157 Å². The van der Waals surface area contributed by atoms with Crippen molar-refractivity contribution in [3.05, 3.63) is 24.3 Å². The van der Waals surface area contributed by atoms with Crippen molar-refractivity contribution in [1.29, 1.82) is 0 Å². The third kappa shape index (κ3) is 6.52. The maximum atomic E-state index is 12.1. The minimum atomic E-state index is -3.30. The van der Waals surface area contributed by atoms with Crippen LogP contribution in [0.5, 0.6) is 5.75 Å². The maximum Gasteiger partial charge on any atom is 0.258 e. The molecule has 7 heteroatoms. The smallest absolute Gasteiger partial charge is 0.258 e. The van der Waals surface area contributed by atoms with E-state index in [2.05, 4.69) is 5.32 Å². The van der Waals surface area contributed by atoms with Crippen molar-refractivity contribution in [2.45, 2.75) is 57.9 Å². The number of nitrogens with zero attached hydrogens (tertiary/aromatic N) is 1. The van der Waals surface area contributed by atoms with Gasteiger partial charge in [-0.3, -0.25) is 9.10 Å². The second kappa shape index (κ2) is 9.80. The normalized spacial score (nSPS) is 16.4. The van der Waals surface area contributed by atoms with E-state index in [1.165, 1.54) is 42.7 Å². The Morgan fingerprint density at radius 3 is 2.23 bits per heavy atom. The lowest BCUT2D eigenvalue weighted by Gasteiger charge is -2.21. The second-order valence-electron chi connectivity index (χ2n) is 6.82. The molecule has 1 aliphatic carbocycles. The molecule has 2 rings (SSSR count). The van der Waals surface area contributed by atoms with E-state index >= 15 is 0 Å². The molecule has 1 fully saturated rings. The number of sulfonamides is 1. The van der Waals surface area contributed by atoms with E-state index in [1.807, 2.05) is 0 Å². The van der Waals surface area contributed by atoms with E-state index in [0.717, 1.165) is 12.8 Å². The summed E-state index contributed by atoms with van der Waals surface area (Å²) in [6, 6.07) is 7.00. The van der Waals surface area contributed by atoms with Gasteiger partial charge in [0.1, 0.15) is 5.75 Å². The number of hydrogen-bond acceptors (Lipinski definition) is 4. The first-order valence-corrected chi connectivity index (χ1v) is 11.2. The van der Waals surface area contributed by atoms with E-state index in [4.69, 9.17) is 4.74 Å². The molecule has 1 saturated carbocycles. The molecule has 0 radical (unpaired) electrons. The summed E-state index contributed by atoms with van der Waals surface area (Å²) < 4.78 is 30.3. The van der Waals surface area contributed by atoms with Crippen molar-refractivity contribution in [2.24, 2.45) is 0 Å². The summed E-state index contributed by atoms with van der Waals surface area (Å²) in [5, 5.41) is 3.06. The SMILES string of the molecule is CCN(c1ccc(OCC(=O)NC2CCCCCCC2)cc1)S(C)(=O)=O. The van der Waals surface area contributed by atoms with Crippen molar-refractivity contribution in [3.8, 4) is 5.75 Å². The summed E-state index contributed by atoms with van der Waals surface area (Å²) in [6.45, 7) is 2.12. The van der Waals surface area contributed by atoms with Crippen molar-refractivity contribution in [3.63, 3.8) is 0 Å². The van der Waals surface area contributed by atoms with Crippen LogP contribution >= 0.6 is 0 Å². The van der Waals surface area contributed by atoms with Crippen LogP contribution < -0.4 is 14.4 Å². The molecule has 0 aromatic heterocycles. The van der Waals surface area contributed by atoms with Crippen LogP contribution in [0.3, 0.4) is 0 Å². The number of carbonyl (C=O) groups is 1. The van der Waals surface area contributed by atoms with Gasteiger partial charge in [0.2, 0.25) is 10.0 Å². The Bertz CT molecular complexity index is 665. The second-order valence-corrected chi connectivity index (χ2v) is 8.73. The molecule has 146 valence electrons. The van der Waals surface area contributed by atoms with Gasteiger partial charge < -0.3 is 10.1 Å². The number of anilines is 1. The van der Waals surface area contributed by atoms with Crippen LogP contribution in [0.2, 0.25) is 0 Å². The van der Waals surface area contributed by atoms with Gasteiger partial charge in [-0.2, -0.15) is 0 Å². The summed E-state index contributed by atoms with van der Waals surface area (Å²) in [7, 11) is -3.30. The number of benzene rings is 1. The average Bonchev–Trinajstić information content (AvgIpc) is 2.56. The monoisotopic (exact) mass is 382 g/mol. The topological polar surface area (TPSA) is 75.7 Å². The molecule has 1 amide bonds. The van der Waals surface area contributed by atoms with E-state index < -0.39 is 10.0 Å². The van der Waals surface area contributed by atoms with E-state index in [1.54, 1.807) is 31.2 Å². The number of nitrogens with one attached hydrogen (secondary N) is 1. The summed E-state index contributed by atoms with van der Waals surface area (Å²) in [5.41, 5.74) is 0.585. The van der Waals surface area contributed by atoms with Crippen LogP contribution in [0.1, 0.15) is 51.9 Å². The molecule has 26 heavy (non-hydrogen) atoms. The fourth-order valence-corrected chi connectivity index (χ4v) is 4.31. The predicted octanol–water partition coefficient (Wildman–Crippen LogP) is 3.08. The van der Waals surface area contributed by atoms with Crippen molar-refractivity contribution >= 4 is 21.6 Å². The van der Waals surface area contributed by atoms with E-state index in [-0.39, 0.29) is 18.6 Å². The number of amides is 1. The van der Waals surface area contributed by atoms with Crippen LogP contribution in [0.4, 0.5) is 5.69 Å². The fraction of sp³-hybridized carbons (Fsp3) is 0.632. The van der Waals surface area contributed by atoms with Gasteiger partial charge in [-0.25, -0.2) is 8.42 Å². The molecule has 0 spiro atoms. The van der Waals surface area contributed by atoms with Crippen molar-refractivity contribution in [2.75, 3.05) is 23.7 Å². The molecule has 0 bridgehead atoms. The average molecular weight is 383 g/mol. The maximum absolute atomic E-state index is 12.1. The van der Waals surface area contributed by atoms with Gasteiger partial charge >= 0.3 is 0 Å². The van der Waals surface area contributed by atoms with Crippen LogP contribution in [-0.4, -0.2) is 39.8 Å². The lowest BCUT2D eigenvalue weighted by Crippen LogP contribution is -2.38. The number of ether oxygens (including phenoxy) is 1. The molecule has 0 atom stereocenters. The van der Waals surface area contributed by atoms with Gasteiger partial charge in [-0.05, 0) is 44.0 Å². The molecule has 0 heterocycles. The van der Waals surface area contributed by atoms with Crippen LogP contribution in [0.15, 0.2) is 24.3 Å². The molecule has 0 saturated heterocycles. The molecule has 1 N–H and O–H groups in total. The number of rotatable bonds is 7. The Morgan fingerprint density at radius 1 is 1.12 bits per heavy atom. The molecule has 1 aromatic carbocycles. The first-order chi connectivity index (χ1) is 12.4. The quantitative estimate of drug-likeness (QED) is 0.786. The first-order valence-electron chi connectivity index (χ1n) is 9.40. The highest BCUT2D eigenvalue weighted by Crippen LogP contribution is 2.21. The lowest BCUT2D eigenvalue weighted by atomic mass is 9.97. The highest BCUT2D eigenvalue weighted by Gasteiger charge is 2.16. The first kappa shape index (κ1) is 20.6. The van der Waals surface area contributed by atoms with Gasteiger partial charge in [-0.1, -0.05) is 32.1 Å². The predicted molar refractivity (Wildman–Crippen MR) is 104 cm³/mol. The van der Waals surface area contributed by atoms with Crippen LogP contribution in [-0.2, 0) is 14.8 Å². The standard InChI is InChI=1S/C19H30N2O4S/c1-3-21(26(2,23)24)17-11-13-18(14-12-17)25-15-19(22)20-16-9-7-5-4-6-8-10-16/h11-14,16H,3-10,15H2,1-2H3,(H,20,22). The zero-order valence-electron chi connectivity index (χ0n) is 15.7. The highest BCUT2D eigenvalue weighted by molar-refractivity contribution is 7.92. The minimum Gasteiger partial charge on any atom is -0.484 e. The minimum absolute atomic E-state index is 0.0284. The highest BCUT2D eigenvalue weighted by atomic mass is 32.2. The number of hydrogen-bond donors (Lipinski definition) is 1. The fourth-order valence-electron chi connectivity index (χ4n) is 3.34. The molecular weight excluding hydrogens is 352 g/mol. The van der Waals surface area contributed by atoms with Crippen molar-refractivity contribution in [1.82, 2.24) is 5.32 Å². The summed E-state index contributed by atoms with van der Waals surface area (Å²) in [4.78, 5) is 12.1. The van der Waals surface area contributed by atoms with Gasteiger partial charge in [0.05, 0.1) is 11.9 Å². The largest absolute Gasteiger partial charge is 0.484 e. The molecule has 1 aromatic rings. The van der Waals surface area contributed by atoms with E-state index in [9.17, 15) is 13.2 Å². The summed E-state index contributed by atoms with van der Waals surface area (Å²) in [5.74, 6) is 0.442. The molecule has 6 nitrogen and oxygen atoms in total. The lowest BCUT2D eigenvalue weighted by molar-refractivity contribution is -0.123. The molecule has 0 aliphatic heterocycles.